The number of aliphatic imine (C=N–C) groups is 1. The molecule has 5 rings (SSSR count). The number of halogens is 4. The number of carbonyl (C=O) groups excluding carboxylic acids is 1. The molecule has 5 nitrogen and oxygen atoms in total. The highest BCUT2D eigenvalue weighted by Crippen LogP contribution is 2.33. The largest absolute Gasteiger partial charge is 0.416 e. The summed E-state index contributed by atoms with van der Waals surface area (Å²) in [6, 6.07) is 11.3. The minimum Gasteiger partial charge on any atom is -0.315 e. The third-order valence-corrected chi connectivity index (χ3v) is 6.42. The molecule has 0 aromatic heterocycles. The number of hydrogen-bond acceptors (Lipinski definition) is 4. The molecule has 2 aromatic rings. The van der Waals surface area contributed by atoms with Gasteiger partial charge in [0.15, 0.2) is 0 Å². The summed E-state index contributed by atoms with van der Waals surface area (Å²) >= 11 is 0. The van der Waals surface area contributed by atoms with Crippen LogP contribution in [0.4, 0.5) is 17.6 Å². The van der Waals surface area contributed by atoms with Crippen LogP contribution in [0.25, 0.3) is 0 Å². The Morgan fingerprint density at radius 3 is 2.50 bits per heavy atom. The molecule has 0 atom stereocenters. The zero-order valence-electron chi connectivity index (χ0n) is 18.5. The SMILES string of the molecule is O=C1C2=C(CCN(Cc3cccc(F)c3)C2)N2CCCN=C2N1Cc1ccc(C(F)(F)F)cc1. The van der Waals surface area contributed by atoms with Gasteiger partial charge in [0.1, 0.15) is 5.82 Å². The van der Waals surface area contributed by atoms with Crippen molar-refractivity contribution < 1.29 is 22.4 Å². The van der Waals surface area contributed by atoms with Crippen LogP contribution in [0.5, 0.6) is 0 Å². The van der Waals surface area contributed by atoms with Gasteiger partial charge in [0.25, 0.3) is 5.91 Å². The minimum absolute atomic E-state index is 0.146. The Labute approximate surface area is 195 Å². The molecule has 34 heavy (non-hydrogen) atoms. The Morgan fingerprint density at radius 2 is 1.76 bits per heavy atom. The summed E-state index contributed by atoms with van der Waals surface area (Å²) in [7, 11) is 0. The second kappa shape index (κ2) is 8.87. The van der Waals surface area contributed by atoms with E-state index in [1.807, 2.05) is 6.07 Å². The highest BCUT2D eigenvalue weighted by Gasteiger charge is 2.40. The van der Waals surface area contributed by atoms with E-state index in [2.05, 4.69) is 14.8 Å². The number of carbonyl (C=O) groups is 1. The van der Waals surface area contributed by atoms with E-state index in [4.69, 9.17) is 0 Å². The quantitative estimate of drug-likeness (QED) is 0.619. The number of benzene rings is 2. The van der Waals surface area contributed by atoms with Crippen molar-refractivity contribution in [2.24, 2.45) is 4.99 Å². The zero-order chi connectivity index (χ0) is 23.9. The van der Waals surface area contributed by atoms with E-state index in [9.17, 15) is 22.4 Å². The normalized spacial score (nSPS) is 19.2. The van der Waals surface area contributed by atoms with Crippen molar-refractivity contribution in [3.63, 3.8) is 0 Å². The zero-order valence-corrected chi connectivity index (χ0v) is 18.5. The first-order chi connectivity index (χ1) is 16.3. The molecule has 0 aliphatic carbocycles. The van der Waals surface area contributed by atoms with Crippen molar-refractivity contribution >= 4 is 11.9 Å². The Morgan fingerprint density at radius 1 is 0.971 bits per heavy atom. The molecule has 0 fully saturated rings. The molecule has 178 valence electrons. The fourth-order valence-electron chi connectivity index (χ4n) is 4.78. The summed E-state index contributed by atoms with van der Waals surface area (Å²) in [4.78, 5) is 24.0. The van der Waals surface area contributed by atoms with Gasteiger partial charge in [-0.25, -0.2) is 4.39 Å². The van der Waals surface area contributed by atoms with Gasteiger partial charge in [-0.05, 0) is 41.8 Å². The molecule has 0 unspecified atom stereocenters. The lowest BCUT2D eigenvalue weighted by Crippen LogP contribution is -2.56. The smallest absolute Gasteiger partial charge is 0.315 e. The van der Waals surface area contributed by atoms with Gasteiger partial charge in [-0.2, -0.15) is 13.2 Å². The van der Waals surface area contributed by atoms with Gasteiger partial charge in [0.05, 0.1) is 17.7 Å². The molecule has 3 aliphatic heterocycles. The van der Waals surface area contributed by atoms with Crippen LogP contribution in [0.3, 0.4) is 0 Å². The minimum atomic E-state index is -4.41. The first kappa shape index (κ1) is 22.6. The maximum atomic E-state index is 13.6. The van der Waals surface area contributed by atoms with Crippen LogP contribution in [0.15, 0.2) is 64.8 Å². The Kier molecular flexibility index (Phi) is 5.89. The van der Waals surface area contributed by atoms with Crippen molar-refractivity contribution in [2.45, 2.75) is 32.1 Å². The van der Waals surface area contributed by atoms with Gasteiger partial charge >= 0.3 is 6.18 Å². The molecule has 3 heterocycles. The van der Waals surface area contributed by atoms with E-state index < -0.39 is 11.7 Å². The third-order valence-electron chi connectivity index (χ3n) is 6.42. The molecular weight excluding hydrogens is 448 g/mol. The number of amides is 1. The molecule has 1 amide bonds. The summed E-state index contributed by atoms with van der Waals surface area (Å²) in [6.45, 7) is 3.20. The predicted octanol–water partition coefficient (Wildman–Crippen LogP) is 4.41. The number of alkyl halides is 3. The van der Waals surface area contributed by atoms with Crippen molar-refractivity contribution in [2.75, 3.05) is 26.2 Å². The van der Waals surface area contributed by atoms with Crippen LogP contribution in [-0.4, -0.2) is 52.7 Å². The second-order valence-corrected chi connectivity index (χ2v) is 8.79. The first-order valence-corrected chi connectivity index (χ1v) is 11.3. The van der Waals surface area contributed by atoms with E-state index in [1.54, 1.807) is 11.0 Å². The standard InChI is InChI=1S/C25H24F4N4O/c26-20-4-1-3-18(13-20)14-31-12-9-22-21(16-31)23(34)33(24-30-10-2-11-32(22)24)15-17-5-7-19(8-6-17)25(27,28)29/h1,3-8,13H,2,9-12,14-16H2. The molecule has 0 saturated carbocycles. The first-order valence-electron chi connectivity index (χ1n) is 11.3. The van der Waals surface area contributed by atoms with Crippen LogP contribution in [0.1, 0.15) is 29.5 Å². The molecule has 0 saturated heterocycles. The number of fused-ring (bicyclic) bond motifs is 2. The lowest BCUT2D eigenvalue weighted by Gasteiger charge is -2.45. The van der Waals surface area contributed by atoms with Crippen molar-refractivity contribution in [3.05, 3.63) is 82.3 Å². The fraction of sp³-hybridized carbons (Fsp3) is 0.360. The highest BCUT2D eigenvalue weighted by molar-refractivity contribution is 6.09. The Hall–Kier alpha value is -3.20. The fourth-order valence-corrected chi connectivity index (χ4v) is 4.78. The molecule has 0 N–H and O–H groups in total. The molecule has 2 aromatic carbocycles. The van der Waals surface area contributed by atoms with Gasteiger partial charge in [-0.1, -0.05) is 24.3 Å². The van der Waals surface area contributed by atoms with E-state index >= 15 is 0 Å². The average molecular weight is 472 g/mol. The van der Waals surface area contributed by atoms with Crippen LogP contribution < -0.4 is 0 Å². The number of nitrogens with zero attached hydrogens (tertiary/aromatic N) is 4. The summed E-state index contributed by atoms with van der Waals surface area (Å²) in [6.07, 6.45) is -2.85. The maximum Gasteiger partial charge on any atom is 0.416 e. The second-order valence-electron chi connectivity index (χ2n) is 8.79. The number of rotatable bonds is 4. The lowest BCUT2D eigenvalue weighted by molar-refractivity contribution is -0.137. The van der Waals surface area contributed by atoms with Crippen molar-refractivity contribution in [1.82, 2.24) is 14.7 Å². The van der Waals surface area contributed by atoms with Crippen LogP contribution in [0, 0.1) is 5.82 Å². The van der Waals surface area contributed by atoms with Gasteiger partial charge in [0, 0.05) is 44.8 Å². The summed E-state index contributed by atoms with van der Waals surface area (Å²) < 4.78 is 52.4. The van der Waals surface area contributed by atoms with Crippen LogP contribution in [-0.2, 0) is 24.1 Å². The van der Waals surface area contributed by atoms with Crippen LogP contribution >= 0.6 is 0 Å². The third kappa shape index (κ3) is 4.44. The number of guanidine groups is 1. The van der Waals surface area contributed by atoms with Crippen molar-refractivity contribution in [1.29, 1.82) is 0 Å². The lowest BCUT2D eigenvalue weighted by atomic mass is 9.99. The van der Waals surface area contributed by atoms with Gasteiger partial charge in [0.2, 0.25) is 5.96 Å². The Balaban J connectivity index is 1.39. The molecule has 0 radical (unpaired) electrons. The Bertz CT molecular complexity index is 1160. The molecular formula is C25H24F4N4O. The van der Waals surface area contributed by atoms with E-state index in [0.29, 0.717) is 43.2 Å². The highest BCUT2D eigenvalue weighted by atomic mass is 19.4. The summed E-state index contributed by atoms with van der Waals surface area (Å²) in [5, 5.41) is 0. The monoisotopic (exact) mass is 472 g/mol. The van der Waals surface area contributed by atoms with E-state index in [1.165, 1.54) is 24.3 Å². The topological polar surface area (TPSA) is 39.2 Å². The molecule has 9 heteroatoms. The van der Waals surface area contributed by atoms with Crippen molar-refractivity contribution in [3.8, 4) is 0 Å². The van der Waals surface area contributed by atoms with Crippen LogP contribution in [0.2, 0.25) is 0 Å². The maximum absolute atomic E-state index is 13.6. The molecule has 0 bridgehead atoms. The van der Waals surface area contributed by atoms with E-state index in [-0.39, 0.29) is 18.3 Å². The predicted molar refractivity (Wildman–Crippen MR) is 119 cm³/mol. The average Bonchev–Trinajstić information content (AvgIpc) is 2.81. The summed E-state index contributed by atoms with van der Waals surface area (Å²) in [5.74, 6) is 0.115. The van der Waals surface area contributed by atoms with Gasteiger partial charge in [-0.3, -0.25) is 19.6 Å². The molecule has 0 spiro atoms. The summed E-state index contributed by atoms with van der Waals surface area (Å²) in [5.41, 5.74) is 2.38. The molecule has 3 aliphatic rings. The van der Waals surface area contributed by atoms with E-state index in [0.717, 1.165) is 42.9 Å². The van der Waals surface area contributed by atoms with Gasteiger partial charge < -0.3 is 4.90 Å². The number of hydrogen-bond donors (Lipinski definition) is 0. The van der Waals surface area contributed by atoms with Gasteiger partial charge in [-0.15, -0.1) is 0 Å².